The minimum Gasteiger partial charge on any atom is -0.481 e. The number of carbonyl (C=O) groups is 17. The number of carboxylic acids is 4. The summed E-state index contributed by atoms with van der Waals surface area (Å²) in [6.07, 6.45) is -5.19. The predicted molar refractivity (Wildman–Crippen MR) is 334 cm³/mol. The van der Waals surface area contributed by atoms with Crippen molar-refractivity contribution in [1.29, 1.82) is 0 Å². The number of primary amides is 1. The lowest BCUT2D eigenvalue weighted by atomic mass is 10.0. The summed E-state index contributed by atoms with van der Waals surface area (Å²) < 4.78 is 4.54. The summed E-state index contributed by atoms with van der Waals surface area (Å²) in [6, 6.07) is -8.23. The quantitative estimate of drug-likeness (QED) is 0.0125. The van der Waals surface area contributed by atoms with Crippen LogP contribution in [0.15, 0.2) is 35.3 Å². The molecule has 0 heterocycles. The maximum absolute atomic E-state index is 14.2. The molecule has 0 radical (unpaired) electrons. The van der Waals surface area contributed by atoms with Crippen LogP contribution in [0.4, 0.5) is 4.79 Å². The van der Waals surface area contributed by atoms with E-state index in [9.17, 15) is 102 Å². The van der Waals surface area contributed by atoms with Crippen LogP contribution in [0.2, 0.25) is 0 Å². The summed E-state index contributed by atoms with van der Waals surface area (Å²) in [6.45, 7) is 5.90. The van der Waals surface area contributed by atoms with E-state index in [1.165, 1.54) is 6.92 Å². The Morgan fingerprint density at radius 3 is 1.41 bits per heavy atom. The number of nitrogens with two attached hydrogens (primary N) is 4. The molecule has 38 nitrogen and oxygen atoms in total. The van der Waals surface area contributed by atoms with E-state index < -0.39 is 206 Å². The van der Waals surface area contributed by atoms with E-state index in [1.54, 1.807) is 58.0 Å². The third-order valence-corrected chi connectivity index (χ3v) is 13.9. The Balaban J connectivity index is 3.37. The third-order valence-electron chi connectivity index (χ3n) is 13.0. The van der Waals surface area contributed by atoms with Crippen LogP contribution < -0.4 is 81.4 Å². The molecule has 0 aromatic heterocycles. The van der Waals surface area contributed by atoms with Crippen molar-refractivity contribution in [3.63, 3.8) is 0 Å². The van der Waals surface area contributed by atoms with Crippen LogP contribution in [0.25, 0.3) is 0 Å². The number of carbonyl (C=O) groups excluding carboxylic acids is 13. The molecule has 12 amide bonds. The first-order valence-electron chi connectivity index (χ1n) is 29.4. The van der Waals surface area contributed by atoms with Gasteiger partial charge in [0.2, 0.25) is 70.9 Å². The number of rotatable bonds is 44. The number of nitrogens with zero attached hydrogens (tertiary/aromatic N) is 1. The van der Waals surface area contributed by atoms with Crippen LogP contribution >= 0.6 is 11.8 Å². The van der Waals surface area contributed by atoms with Crippen LogP contribution in [0.5, 0.6) is 0 Å². The standard InChI is InChI=1S/C56H86N16O22S/c1-26(2)17-33(68-46(83)30(57)25-95-56(93)94-6)51(88)64-28(5)45(82)67-31(13-10-16-61-55(59)60)49(86)69-34(19-29-11-8-7-9-12-29)47(84)62-24-41(75)66-37(22-44(80)81)53(90)71-36(21-43(78)79)48(85)63-23-40(74)65-32(14-15-42(76)77)50(87)70-35(20-39(58)73)52(89)72-38(54(91)92)18-27(3)4/h7-9,11-12,26-28,30-38H,10,13-25,57H2,1-6H3,(H2,58,73)(H,62,84)(H,63,85)(H,64,88)(H,65,74)(H,66,75)(H,67,82)(H,68,83)(H,69,86)(H,70,87)(H,71,90)(H,72,89)(H,76,77)(H,78,79)(H,80,81)(H,91,92)(H4,59,60,61)/t28-,30-,31-,32-,33-,34-,35-,36-,37-,38-/m0/s1. The first-order chi connectivity index (χ1) is 44.4. The molecule has 39 heteroatoms. The Morgan fingerprint density at radius 2 is 0.926 bits per heavy atom. The van der Waals surface area contributed by atoms with Crippen LogP contribution in [-0.4, -0.2) is 219 Å². The second-order valence-electron chi connectivity index (χ2n) is 22.2. The van der Waals surface area contributed by atoms with Gasteiger partial charge in [0.1, 0.15) is 54.4 Å². The van der Waals surface area contributed by atoms with Gasteiger partial charge in [-0.3, -0.25) is 76.9 Å². The molecule has 0 saturated heterocycles. The van der Waals surface area contributed by atoms with Crippen molar-refractivity contribution >= 4 is 118 Å². The molecule has 23 N–H and O–H groups in total. The molecule has 0 aliphatic carbocycles. The molecule has 1 aromatic rings. The Hall–Kier alpha value is -10.2. The van der Waals surface area contributed by atoms with E-state index in [1.807, 2.05) is 16.0 Å². The number of aliphatic carboxylic acids is 4. The van der Waals surface area contributed by atoms with Crippen molar-refractivity contribution in [3.8, 4) is 0 Å². The number of methoxy groups -OCH3 is 1. The average Bonchev–Trinajstić information content (AvgIpc) is 1.01. The van der Waals surface area contributed by atoms with Gasteiger partial charge in [-0.25, -0.2) is 9.59 Å². The zero-order valence-corrected chi connectivity index (χ0v) is 53.8. The van der Waals surface area contributed by atoms with Gasteiger partial charge in [-0.1, -0.05) is 58.0 Å². The summed E-state index contributed by atoms with van der Waals surface area (Å²) in [7, 11) is 1.14. The zero-order valence-electron chi connectivity index (χ0n) is 53.0. The second-order valence-corrected chi connectivity index (χ2v) is 23.1. The maximum atomic E-state index is 14.2. The molecule has 1 aromatic carbocycles. The number of hydrogen-bond donors (Lipinski definition) is 19. The number of aliphatic imine (C=N–C) groups is 1. The molecule has 0 fully saturated rings. The minimum atomic E-state index is -2.13. The van der Waals surface area contributed by atoms with Crippen molar-refractivity contribution in [2.75, 3.05) is 32.5 Å². The van der Waals surface area contributed by atoms with Crippen LogP contribution in [0.1, 0.15) is 98.0 Å². The Bertz CT molecular complexity index is 2930. The number of nitrogens with one attached hydrogen (secondary N) is 11. The molecule has 0 unspecified atom stereocenters. The van der Waals surface area contributed by atoms with Gasteiger partial charge in [0.25, 0.3) is 0 Å². The number of guanidine groups is 1. The Morgan fingerprint density at radius 1 is 0.495 bits per heavy atom. The van der Waals surface area contributed by atoms with Gasteiger partial charge >= 0.3 is 29.2 Å². The number of carboxylic acid groups (broad SMARTS) is 4. The second kappa shape index (κ2) is 42.8. The fourth-order valence-electron chi connectivity index (χ4n) is 8.35. The van der Waals surface area contributed by atoms with Crippen molar-refractivity contribution in [3.05, 3.63) is 35.9 Å². The topological polar surface area (TPSA) is 629 Å². The molecule has 10 atom stereocenters. The van der Waals surface area contributed by atoms with Crippen molar-refractivity contribution in [2.24, 2.45) is 39.8 Å². The number of ether oxygens (including phenoxy) is 1. The molecule has 95 heavy (non-hydrogen) atoms. The first-order valence-corrected chi connectivity index (χ1v) is 30.4. The number of amides is 12. The molecule has 1 rings (SSSR count). The van der Waals surface area contributed by atoms with Gasteiger partial charge in [-0.2, -0.15) is 0 Å². The summed E-state index contributed by atoms with van der Waals surface area (Å²) in [5, 5.41) is 62.2. The molecule has 0 saturated carbocycles. The highest BCUT2D eigenvalue weighted by molar-refractivity contribution is 8.13. The maximum Gasteiger partial charge on any atom is 0.367 e. The lowest BCUT2D eigenvalue weighted by molar-refractivity contribution is -0.143. The molecule has 0 aliphatic heterocycles. The van der Waals surface area contributed by atoms with Gasteiger partial charge in [-0.15, -0.1) is 0 Å². The Labute approximate surface area is 548 Å². The molecular formula is C56H86N16O22S. The minimum absolute atomic E-state index is 0.0425. The van der Waals surface area contributed by atoms with E-state index in [4.69, 9.17) is 22.9 Å². The van der Waals surface area contributed by atoms with Crippen LogP contribution in [0.3, 0.4) is 0 Å². The van der Waals surface area contributed by atoms with Crippen molar-refractivity contribution < 1.29 is 107 Å². The van der Waals surface area contributed by atoms with Crippen molar-refractivity contribution in [2.45, 2.75) is 159 Å². The summed E-state index contributed by atoms with van der Waals surface area (Å²) >= 11 is 0.634. The van der Waals surface area contributed by atoms with E-state index in [2.05, 4.69) is 52.3 Å². The monoisotopic (exact) mass is 1370 g/mol. The lowest BCUT2D eigenvalue weighted by Crippen LogP contribution is -2.59. The van der Waals surface area contributed by atoms with Crippen molar-refractivity contribution in [1.82, 2.24) is 58.5 Å². The molecule has 0 spiro atoms. The molecule has 528 valence electrons. The van der Waals surface area contributed by atoms with Crippen LogP contribution in [-0.2, 0) is 87.9 Å². The largest absolute Gasteiger partial charge is 0.481 e. The number of benzene rings is 1. The fourth-order valence-corrected chi connectivity index (χ4v) is 8.94. The highest BCUT2D eigenvalue weighted by atomic mass is 32.2. The van der Waals surface area contributed by atoms with Gasteiger partial charge in [-0.05, 0) is 68.2 Å². The molecule has 0 bridgehead atoms. The zero-order chi connectivity index (χ0) is 72.2. The number of hydrogen-bond acceptors (Lipinski definition) is 21. The normalized spacial score (nSPS) is 14.0. The SMILES string of the molecule is COC(=O)SC[C@H](N)C(=O)N[C@@H](CC(C)C)C(=O)N[C@@H](C)C(=O)N[C@@H](CCCN=C(N)N)C(=O)N[C@@H](Cc1ccccc1)C(=O)NCC(=O)N[C@@H](CC(=O)O)C(=O)N[C@@H](CC(=O)O)C(=O)NCC(=O)N[C@@H](CCC(=O)O)C(=O)N[C@@H](CC(N)=O)C(=O)N[C@@H](CC(C)C)C(=O)O. The first kappa shape index (κ1) is 82.8. The molecular weight excluding hydrogens is 1280 g/mol. The third kappa shape index (κ3) is 34.9. The summed E-state index contributed by atoms with van der Waals surface area (Å²) in [4.78, 5) is 223. The van der Waals surface area contributed by atoms with E-state index in [0.29, 0.717) is 17.3 Å². The highest BCUT2D eigenvalue weighted by Crippen LogP contribution is 2.12. The number of thioether (sulfide) groups is 1. The predicted octanol–water partition coefficient (Wildman–Crippen LogP) is -6.41. The van der Waals surface area contributed by atoms with Gasteiger partial charge in [0.15, 0.2) is 5.96 Å². The fraction of sp³-hybridized carbons (Fsp3) is 0.571. The highest BCUT2D eigenvalue weighted by Gasteiger charge is 2.35. The van der Waals surface area contributed by atoms with Gasteiger partial charge in [0.05, 0.1) is 45.5 Å². The van der Waals surface area contributed by atoms with Gasteiger partial charge < -0.3 is 107 Å². The van der Waals surface area contributed by atoms with E-state index in [0.717, 1.165) is 7.11 Å². The summed E-state index contributed by atoms with van der Waals surface area (Å²) in [5.41, 5.74) is 22.6. The lowest BCUT2D eigenvalue weighted by Gasteiger charge is -2.26. The van der Waals surface area contributed by atoms with Gasteiger partial charge in [0, 0.05) is 25.1 Å². The Kier molecular flexibility index (Phi) is 37.3. The molecule has 0 aliphatic rings. The summed E-state index contributed by atoms with van der Waals surface area (Å²) in [5.74, 6) is -20.8. The smallest absolute Gasteiger partial charge is 0.367 e. The average molecular weight is 1370 g/mol. The van der Waals surface area contributed by atoms with Crippen LogP contribution in [0, 0.1) is 11.8 Å². The van der Waals surface area contributed by atoms with E-state index >= 15 is 0 Å². The van der Waals surface area contributed by atoms with E-state index in [-0.39, 0.29) is 62.2 Å².